The molecule has 5 nitrogen and oxygen atoms in total. The number of carbonyl (C=O) groups is 1. The highest BCUT2D eigenvalue weighted by molar-refractivity contribution is 9.10. The summed E-state index contributed by atoms with van der Waals surface area (Å²) < 4.78 is 0.736. The van der Waals surface area contributed by atoms with Crippen molar-refractivity contribution >= 4 is 44.4 Å². The lowest BCUT2D eigenvalue weighted by molar-refractivity contribution is -0.142. The number of halogens is 2. The first-order valence-electron chi connectivity index (χ1n) is 3.96. The Morgan fingerprint density at radius 1 is 1.60 bits per heavy atom. The molecule has 2 heterocycles. The lowest BCUT2D eigenvalue weighted by atomic mass is 10.3. The number of rotatable bonds is 1. The molecule has 0 spiro atoms. The minimum atomic E-state index is -0.476. The van der Waals surface area contributed by atoms with E-state index in [0.29, 0.717) is 5.52 Å². The van der Waals surface area contributed by atoms with Crippen LogP contribution in [-0.4, -0.2) is 20.9 Å². The van der Waals surface area contributed by atoms with Crippen molar-refractivity contribution in [1.82, 2.24) is 14.9 Å². The molecular weight excluding hydrogens is 285 g/mol. The Hall–Kier alpha value is -1.14. The van der Waals surface area contributed by atoms with Gasteiger partial charge in [0.15, 0.2) is 5.15 Å². The molecule has 2 aromatic rings. The van der Waals surface area contributed by atoms with Crippen molar-refractivity contribution in [3.05, 3.63) is 22.0 Å². The summed E-state index contributed by atoms with van der Waals surface area (Å²) in [4.78, 5) is 20.6. The van der Waals surface area contributed by atoms with Gasteiger partial charge in [0.2, 0.25) is 0 Å². The van der Waals surface area contributed by atoms with Crippen molar-refractivity contribution < 1.29 is 9.63 Å². The van der Waals surface area contributed by atoms with Gasteiger partial charge in [-0.25, -0.2) is 9.78 Å². The van der Waals surface area contributed by atoms with Crippen molar-refractivity contribution in [3.8, 4) is 0 Å². The zero-order valence-electron chi connectivity index (χ0n) is 7.57. The van der Waals surface area contributed by atoms with Gasteiger partial charge in [0, 0.05) is 23.0 Å². The fourth-order valence-corrected chi connectivity index (χ4v) is 1.75. The Balaban J connectivity index is 2.67. The predicted octanol–water partition coefficient (Wildman–Crippen LogP) is 1.82. The molecule has 0 aliphatic carbocycles. The minimum Gasteiger partial charge on any atom is -0.319 e. The van der Waals surface area contributed by atoms with E-state index in [0.717, 1.165) is 14.7 Å². The third-order valence-electron chi connectivity index (χ3n) is 1.70. The zero-order valence-corrected chi connectivity index (χ0v) is 9.91. The topological polar surface area (TPSA) is 57.0 Å². The highest BCUT2D eigenvalue weighted by Gasteiger charge is 2.12. The molecule has 0 aromatic carbocycles. The number of nitrogens with zero attached hydrogens (tertiary/aromatic N) is 3. The van der Waals surface area contributed by atoms with Crippen LogP contribution in [0.2, 0.25) is 5.15 Å². The molecule has 0 saturated heterocycles. The maximum Gasteiger partial charge on any atom is 0.331 e. The first-order valence-corrected chi connectivity index (χ1v) is 5.13. The van der Waals surface area contributed by atoms with Crippen molar-refractivity contribution in [1.29, 1.82) is 0 Å². The molecular formula is C8H5BrClN3O2. The van der Waals surface area contributed by atoms with E-state index in [9.17, 15) is 4.79 Å². The number of fused-ring (bicyclic) bond motifs is 1. The molecule has 7 heteroatoms. The molecule has 0 amide bonds. The Kier molecular flexibility index (Phi) is 2.62. The van der Waals surface area contributed by atoms with E-state index < -0.39 is 5.97 Å². The molecule has 0 saturated carbocycles. The summed E-state index contributed by atoms with van der Waals surface area (Å²) in [5, 5.41) is 4.84. The van der Waals surface area contributed by atoms with Crippen molar-refractivity contribution in [2.45, 2.75) is 6.92 Å². The Labute approximate surface area is 98.1 Å². The first kappa shape index (κ1) is 10.4. The Morgan fingerprint density at radius 2 is 2.33 bits per heavy atom. The van der Waals surface area contributed by atoms with Gasteiger partial charge in [0.05, 0.1) is 6.20 Å². The van der Waals surface area contributed by atoms with Gasteiger partial charge in [-0.1, -0.05) is 16.4 Å². The lowest BCUT2D eigenvalue weighted by Crippen LogP contribution is -2.17. The van der Waals surface area contributed by atoms with Crippen LogP contribution in [0, 0.1) is 0 Å². The van der Waals surface area contributed by atoms with Crippen LogP contribution in [-0.2, 0) is 4.79 Å². The van der Waals surface area contributed by atoms with E-state index in [1.165, 1.54) is 13.1 Å². The molecule has 0 bridgehead atoms. The molecule has 2 aromatic heterocycles. The van der Waals surface area contributed by atoms with Crippen molar-refractivity contribution in [3.63, 3.8) is 0 Å². The Morgan fingerprint density at radius 3 is 3.00 bits per heavy atom. The van der Waals surface area contributed by atoms with Crippen LogP contribution >= 0.6 is 27.5 Å². The van der Waals surface area contributed by atoms with Gasteiger partial charge in [0.25, 0.3) is 0 Å². The fourth-order valence-electron chi connectivity index (χ4n) is 1.13. The second-order valence-electron chi connectivity index (χ2n) is 2.76. The predicted molar refractivity (Wildman–Crippen MR) is 57.5 cm³/mol. The summed E-state index contributed by atoms with van der Waals surface area (Å²) in [5.74, 6) is -0.476. The van der Waals surface area contributed by atoms with Crippen LogP contribution < -0.4 is 4.84 Å². The zero-order chi connectivity index (χ0) is 11.0. The van der Waals surface area contributed by atoms with Gasteiger partial charge in [-0.15, -0.1) is 5.10 Å². The summed E-state index contributed by atoms with van der Waals surface area (Å²) >= 11 is 9.17. The van der Waals surface area contributed by atoms with E-state index in [4.69, 9.17) is 16.4 Å². The SMILES string of the molecule is CC(=O)On1ncc2c(Br)cnc(Cl)c21. The average Bonchev–Trinajstić information content (AvgIpc) is 2.56. The summed E-state index contributed by atoms with van der Waals surface area (Å²) in [5.41, 5.74) is 0.459. The van der Waals surface area contributed by atoms with Gasteiger partial charge in [0.1, 0.15) is 5.52 Å². The van der Waals surface area contributed by atoms with Gasteiger partial charge in [-0.05, 0) is 15.9 Å². The van der Waals surface area contributed by atoms with E-state index in [1.807, 2.05) is 0 Å². The smallest absolute Gasteiger partial charge is 0.319 e. The van der Waals surface area contributed by atoms with Crippen LogP contribution in [0.15, 0.2) is 16.9 Å². The van der Waals surface area contributed by atoms with E-state index in [-0.39, 0.29) is 5.15 Å². The maximum absolute atomic E-state index is 10.8. The van der Waals surface area contributed by atoms with Crippen LogP contribution in [0.4, 0.5) is 0 Å². The van der Waals surface area contributed by atoms with Crippen LogP contribution in [0.5, 0.6) is 0 Å². The largest absolute Gasteiger partial charge is 0.331 e. The summed E-state index contributed by atoms with van der Waals surface area (Å²) in [6, 6.07) is 0. The molecule has 0 radical (unpaired) electrons. The van der Waals surface area contributed by atoms with E-state index >= 15 is 0 Å². The van der Waals surface area contributed by atoms with Crippen molar-refractivity contribution in [2.75, 3.05) is 0 Å². The highest BCUT2D eigenvalue weighted by Crippen LogP contribution is 2.27. The molecule has 0 N–H and O–H groups in total. The van der Waals surface area contributed by atoms with E-state index in [1.54, 1.807) is 6.20 Å². The highest BCUT2D eigenvalue weighted by atomic mass is 79.9. The molecule has 0 aliphatic heterocycles. The number of pyridine rings is 1. The van der Waals surface area contributed by atoms with Gasteiger partial charge < -0.3 is 4.84 Å². The van der Waals surface area contributed by atoms with Gasteiger partial charge >= 0.3 is 5.97 Å². The number of hydrogen-bond acceptors (Lipinski definition) is 4. The monoisotopic (exact) mass is 289 g/mol. The third kappa shape index (κ3) is 1.82. The van der Waals surface area contributed by atoms with E-state index in [2.05, 4.69) is 26.0 Å². The van der Waals surface area contributed by atoms with Crippen LogP contribution in [0.25, 0.3) is 10.9 Å². The molecule has 0 fully saturated rings. The quantitative estimate of drug-likeness (QED) is 0.752. The number of hydrogen-bond donors (Lipinski definition) is 0. The number of aromatic nitrogens is 3. The minimum absolute atomic E-state index is 0.229. The van der Waals surface area contributed by atoms with Gasteiger partial charge in [-0.2, -0.15) is 0 Å². The second kappa shape index (κ2) is 3.79. The summed E-state index contributed by atoms with van der Waals surface area (Å²) in [6.07, 6.45) is 3.10. The second-order valence-corrected chi connectivity index (χ2v) is 3.97. The fraction of sp³-hybridized carbons (Fsp3) is 0.125. The summed E-state index contributed by atoms with van der Waals surface area (Å²) in [6.45, 7) is 1.28. The third-order valence-corrected chi connectivity index (χ3v) is 2.61. The normalized spacial score (nSPS) is 10.6. The molecule has 78 valence electrons. The maximum atomic E-state index is 10.8. The van der Waals surface area contributed by atoms with Crippen molar-refractivity contribution in [2.24, 2.45) is 0 Å². The number of carbonyl (C=O) groups excluding carboxylic acids is 1. The average molecular weight is 291 g/mol. The first-order chi connectivity index (χ1) is 7.09. The lowest BCUT2D eigenvalue weighted by Gasteiger charge is -2.02. The van der Waals surface area contributed by atoms with Crippen LogP contribution in [0.3, 0.4) is 0 Å². The molecule has 15 heavy (non-hydrogen) atoms. The molecule has 0 atom stereocenters. The van der Waals surface area contributed by atoms with Gasteiger partial charge in [-0.3, -0.25) is 0 Å². The molecule has 0 aliphatic rings. The standard InChI is InChI=1S/C8H5BrClN3O2/c1-4(14)15-13-7-5(2-12-13)6(9)3-11-8(7)10/h2-3H,1H3. The Bertz CT molecular complexity index is 540. The summed E-state index contributed by atoms with van der Waals surface area (Å²) in [7, 11) is 0. The molecule has 0 unspecified atom stereocenters. The van der Waals surface area contributed by atoms with Crippen LogP contribution in [0.1, 0.15) is 6.92 Å². The molecule has 2 rings (SSSR count).